The lowest BCUT2D eigenvalue weighted by Crippen LogP contribution is -2.63. The molecule has 1 heterocycles. The van der Waals surface area contributed by atoms with Crippen LogP contribution in [0.1, 0.15) is 75.5 Å². The van der Waals surface area contributed by atoms with Gasteiger partial charge in [0.15, 0.2) is 0 Å². The molecule has 0 spiro atoms. The Balaban J connectivity index is 1.20. The maximum Gasteiger partial charge on any atom is 0.303 e. The van der Waals surface area contributed by atoms with Crippen molar-refractivity contribution in [1.82, 2.24) is 20.3 Å². The highest BCUT2D eigenvalue weighted by Crippen LogP contribution is 2.55. The molecule has 46 heavy (non-hydrogen) atoms. The predicted molar refractivity (Wildman–Crippen MR) is 175 cm³/mol. The number of aromatic nitrogens is 1. The van der Waals surface area contributed by atoms with Crippen molar-refractivity contribution in [3.05, 3.63) is 71.9 Å². The molecule has 7 rings (SSSR count). The summed E-state index contributed by atoms with van der Waals surface area (Å²) in [6.07, 6.45) is 6.91. The van der Waals surface area contributed by atoms with Crippen LogP contribution in [0.2, 0.25) is 0 Å². The fourth-order valence-electron chi connectivity index (χ4n) is 8.61. The summed E-state index contributed by atoms with van der Waals surface area (Å²) < 4.78 is 31.4. The minimum absolute atomic E-state index is 0.130. The third-order valence-electron chi connectivity index (χ3n) is 10.4. The van der Waals surface area contributed by atoms with Crippen LogP contribution in [0, 0.1) is 23.7 Å². The topological polar surface area (TPSA) is 157 Å². The number of hydrogen-bond donors (Lipinski definition) is 5. The molecule has 2 unspecified atom stereocenters. The van der Waals surface area contributed by atoms with Crippen molar-refractivity contribution in [3.8, 4) is 0 Å². The highest BCUT2D eigenvalue weighted by Gasteiger charge is 2.54. The van der Waals surface area contributed by atoms with Crippen molar-refractivity contribution in [2.24, 2.45) is 23.7 Å². The highest BCUT2D eigenvalue weighted by molar-refractivity contribution is 7.90. The predicted octanol–water partition coefficient (Wildman–Crippen LogP) is 4.44. The molecule has 4 saturated carbocycles. The number of hydrogen-bond acceptors (Lipinski definition) is 5. The van der Waals surface area contributed by atoms with E-state index in [-0.39, 0.29) is 37.6 Å². The highest BCUT2D eigenvalue weighted by atomic mass is 32.2. The summed E-state index contributed by atoms with van der Waals surface area (Å²) in [7, 11) is -3.84. The Morgan fingerprint density at radius 1 is 0.935 bits per heavy atom. The smallest absolute Gasteiger partial charge is 0.303 e. The second-order valence-corrected chi connectivity index (χ2v) is 15.7. The first-order valence-corrected chi connectivity index (χ1v) is 18.0. The number of H-pyrrole nitrogens is 1. The molecule has 3 aromatic rings. The summed E-state index contributed by atoms with van der Waals surface area (Å²) >= 11 is 0. The number of aliphatic carboxylic acids is 1. The number of sulfonamides is 1. The van der Waals surface area contributed by atoms with Gasteiger partial charge in [0.2, 0.25) is 21.8 Å². The second kappa shape index (κ2) is 13.2. The van der Waals surface area contributed by atoms with Gasteiger partial charge in [-0.2, -0.15) is 4.72 Å². The summed E-state index contributed by atoms with van der Waals surface area (Å²) in [5.74, 6) is -0.376. The lowest BCUT2D eigenvalue weighted by atomic mass is 9.56. The molecule has 0 aliphatic heterocycles. The van der Waals surface area contributed by atoms with E-state index >= 15 is 0 Å². The van der Waals surface area contributed by atoms with E-state index in [1.165, 1.54) is 6.42 Å². The van der Waals surface area contributed by atoms with Crippen molar-refractivity contribution < 1.29 is 27.9 Å². The average Bonchev–Trinajstić information content (AvgIpc) is 3.41. The lowest BCUT2D eigenvalue weighted by Gasteiger charge is -2.54. The number of carboxylic acids is 1. The number of amides is 2. The molecular formula is C35H44N4O6S. The summed E-state index contributed by atoms with van der Waals surface area (Å²) in [6, 6.07) is 16.6. The van der Waals surface area contributed by atoms with Crippen LogP contribution in [-0.2, 0) is 30.8 Å². The van der Waals surface area contributed by atoms with Crippen LogP contribution >= 0.6 is 0 Å². The first-order chi connectivity index (χ1) is 22.0. The maximum atomic E-state index is 14.2. The van der Waals surface area contributed by atoms with Gasteiger partial charge in [-0.05, 0) is 86.3 Å². The molecule has 4 aliphatic rings. The fourth-order valence-corrected chi connectivity index (χ4v) is 11.0. The number of carbonyl (C=O) groups is 3. The molecule has 4 aliphatic carbocycles. The first-order valence-electron chi connectivity index (χ1n) is 16.4. The SMILES string of the molecule is CC(Cc1c[nH]c2ccccc12)(NS(=O)(=O)C1C2CC3CC(C2)CC1C3)C(=O)NCCC(NC(=O)CCC(=O)O)c1ccccc1. The van der Waals surface area contributed by atoms with Gasteiger partial charge in [-0.1, -0.05) is 48.5 Å². The molecule has 5 N–H and O–H groups in total. The average molecular weight is 649 g/mol. The van der Waals surface area contributed by atoms with E-state index in [9.17, 15) is 22.8 Å². The number of para-hydroxylation sites is 1. The molecule has 2 aromatic carbocycles. The lowest BCUT2D eigenvalue weighted by molar-refractivity contribution is -0.139. The monoisotopic (exact) mass is 648 g/mol. The number of rotatable bonds is 14. The van der Waals surface area contributed by atoms with Crippen molar-refractivity contribution in [1.29, 1.82) is 0 Å². The normalized spacial score (nSPS) is 25.5. The summed E-state index contributed by atoms with van der Waals surface area (Å²) in [5.41, 5.74) is 1.11. The van der Waals surface area contributed by atoms with Crippen LogP contribution in [0.15, 0.2) is 60.8 Å². The minimum atomic E-state index is -3.84. The molecule has 10 nitrogen and oxygen atoms in total. The molecule has 0 radical (unpaired) electrons. The number of carbonyl (C=O) groups excluding carboxylic acids is 2. The first kappa shape index (κ1) is 32.2. The van der Waals surface area contributed by atoms with Gasteiger partial charge in [0, 0.05) is 36.5 Å². The van der Waals surface area contributed by atoms with Gasteiger partial charge in [0.25, 0.3) is 0 Å². The van der Waals surface area contributed by atoms with Crippen LogP contribution in [0.5, 0.6) is 0 Å². The summed E-state index contributed by atoms with van der Waals surface area (Å²) in [5, 5.41) is 15.3. The number of fused-ring (bicyclic) bond motifs is 1. The van der Waals surface area contributed by atoms with Gasteiger partial charge in [-0.25, -0.2) is 8.42 Å². The van der Waals surface area contributed by atoms with E-state index in [1.54, 1.807) is 6.92 Å². The Labute approximate surface area is 270 Å². The van der Waals surface area contributed by atoms with E-state index in [0.29, 0.717) is 18.3 Å². The van der Waals surface area contributed by atoms with Gasteiger partial charge >= 0.3 is 5.97 Å². The van der Waals surface area contributed by atoms with Gasteiger partial charge in [0.1, 0.15) is 5.54 Å². The van der Waals surface area contributed by atoms with Crippen molar-refractivity contribution >= 4 is 38.7 Å². The minimum Gasteiger partial charge on any atom is -0.481 e. The molecule has 1 aromatic heterocycles. The Kier molecular flexibility index (Phi) is 9.25. The van der Waals surface area contributed by atoms with Crippen LogP contribution in [0.4, 0.5) is 0 Å². The van der Waals surface area contributed by atoms with Gasteiger partial charge < -0.3 is 20.7 Å². The molecular weight excluding hydrogens is 604 g/mol. The van der Waals surface area contributed by atoms with Gasteiger partial charge in [-0.3, -0.25) is 14.4 Å². The largest absolute Gasteiger partial charge is 0.481 e. The Morgan fingerprint density at radius 3 is 2.26 bits per heavy atom. The maximum absolute atomic E-state index is 14.2. The zero-order valence-corrected chi connectivity index (χ0v) is 27.0. The fraction of sp³-hybridized carbons (Fsp3) is 0.514. The summed E-state index contributed by atoms with van der Waals surface area (Å²) in [6.45, 7) is 1.83. The van der Waals surface area contributed by atoms with Crippen molar-refractivity contribution in [2.45, 2.75) is 81.5 Å². The van der Waals surface area contributed by atoms with Crippen LogP contribution in [0.3, 0.4) is 0 Å². The van der Waals surface area contributed by atoms with E-state index < -0.39 is 44.6 Å². The number of carboxylic acid groups (broad SMARTS) is 1. The third-order valence-corrected chi connectivity index (χ3v) is 12.6. The van der Waals surface area contributed by atoms with Crippen molar-refractivity contribution in [3.63, 3.8) is 0 Å². The molecule has 11 heteroatoms. The van der Waals surface area contributed by atoms with Crippen LogP contribution < -0.4 is 15.4 Å². The Hall–Kier alpha value is -3.70. The van der Waals surface area contributed by atoms with E-state index in [2.05, 4.69) is 20.3 Å². The third kappa shape index (κ3) is 7.00. The molecule has 4 bridgehead atoms. The molecule has 246 valence electrons. The number of benzene rings is 2. The Morgan fingerprint density at radius 2 is 1.59 bits per heavy atom. The zero-order chi connectivity index (χ0) is 32.5. The Bertz CT molecular complexity index is 1660. The van der Waals surface area contributed by atoms with Crippen LogP contribution in [-0.4, -0.2) is 53.6 Å². The molecule has 2 amide bonds. The van der Waals surface area contributed by atoms with E-state index in [0.717, 1.165) is 47.7 Å². The van der Waals surface area contributed by atoms with E-state index in [1.807, 2.05) is 60.8 Å². The van der Waals surface area contributed by atoms with E-state index in [4.69, 9.17) is 5.11 Å². The quantitative estimate of drug-likeness (QED) is 0.174. The van der Waals surface area contributed by atoms with Crippen molar-refractivity contribution in [2.75, 3.05) is 6.54 Å². The zero-order valence-electron chi connectivity index (χ0n) is 26.2. The van der Waals surface area contributed by atoms with Gasteiger partial charge in [-0.15, -0.1) is 0 Å². The molecule has 0 saturated heterocycles. The summed E-state index contributed by atoms with van der Waals surface area (Å²) in [4.78, 5) is 40.9. The molecule has 4 fully saturated rings. The van der Waals surface area contributed by atoms with Gasteiger partial charge in [0.05, 0.1) is 17.7 Å². The number of aromatic amines is 1. The molecule has 2 atom stereocenters. The van der Waals surface area contributed by atoms with Crippen LogP contribution in [0.25, 0.3) is 10.9 Å². The standard InChI is InChI=1S/C35H44N4O6S/c1-35(20-27-21-37-30-10-6-5-9-28(27)30,39-46(44,45)33-25-16-22-15-23(18-25)19-26(33)17-22)34(43)36-14-13-29(24-7-3-2-4-8-24)38-31(40)11-12-32(41)42/h2-10,21-23,25-26,29,33,37,39H,11-20H2,1H3,(H,36,43)(H,38,40)(H,41,42). The number of nitrogens with one attached hydrogen (secondary N) is 4. The second-order valence-electron chi connectivity index (χ2n) is 13.9.